The highest BCUT2D eigenvalue weighted by Gasteiger charge is 2.44. The van der Waals surface area contributed by atoms with E-state index in [-0.39, 0.29) is 11.7 Å². The standard InChI is InChI=1S/C20H27N3O2/c1-24-18-8-5-13-25-20(18)9-11-23(12-10-20)15-17-14-21-22-19(17)16-6-3-2-4-7-16/h2-4,6-7,14,18H,5,8-13,15H2,1H3,(H,21,22)/t18-/m0/s1. The number of ether oxygens (including phenoxy) is 2. The molecule has 3 heterocycles. The van der Waals surface area contributed by atoms with Gasteiger partial charge in [0, 0.05) is 38.9 Å². The number of rotatable bonds is 4. The van der Waals surface area contributed by atoms with E-state index in [0.29, 0.717) is 0 Å². The van der Waals surface area contributed by atoms with Crippen molar-refractivity contribution in [2.75, 3.05) is 26.8 Å². The number of H-pyrrole nitrogens is 1. The first-order valence-electron chi connectivity index (χ1n) is 9.27. The summed E-state index contributed by atoms with van der Waals surface area (Å²) in [7, 11) is 1.82. The lowest BCUT2D eigenvalue weighted by Crippen LogP contribution is -2.55. The molecule has 1 aromatic carbocycles. The van der Waals surface area contributed by atoms with E-state index in [4.69, 9.17) is 9.47 Å². The van der Waals surface area contributed by atoms with E-state index in [1.54, 1.807) is 0 Å². The molecule has 5 heteroatoms. The van der Waals surface area contributed by atoms with Crippen molar-refractivity contribution in [3.05, 3.63) is 42.1 Å². The maximum Gasteiger partial charge on any atom is 0.0967 e. The fraction of sp³-hybridized carbons (Fsp3) is 0.550. The van der Waals surface area contributed by atoms with E-state index in [9.17, 15) is 0 Å². The highest BCUT2D eigenvalue weighted by Crippen LogP contribution is 2.37. The number of hydrogen-bond donors (Lipinski definition) is 1. The monoisotopic (exact) mass is 341 g/mol. The summed E-state index contributed by atoms with van der Waals surface area (Å²) < 4.78 is 12.0. The largest absolute Gasteiger partial charge is 0.378 e. The fourth-order valence-electron chi connectivity index (χ4n) is 4.32. The third-order valence-electron chi connectivity index (χ3n) is 5.75. The van der Waals surface area contributed by atoms with Crippen LogP contribution in [-0.2, 0) is 16.0 Å². The average Bonchev–Trinajstić information content (AvgIpc) is 3.13. The molecule has 25 heavy (non-hydrogen) atoms. The molecule has 1 atom stereocenters. The normalized spacial score (nSPS) is 23.8. The van der Waals surface area contributed by atoms with Crippen LogP contribution in [-0.4, -0.2) is 53.6 Å². The number of aromatic amines is 1. The Morgan fingerprint density at radius 3 is 2.84 bits per heavy atom. The van der Waals surface area contributed by atoms with Gasteiger partial charge in [-0.1, -0.05) is 30.3 Å². The van der Waals surface area contributed by atoms with Gasteiger partial charge in [0.25, 0.3) is 0 Å². The van der Waals surface area contributed by atoms with Gasteiger partial charge < -0.3 is 9.47 Å². The summed E-state index contributed by atoms with van der Waals surface area (Å²) >= 11 is 0. The zero-order chi connectivity index (χ0) is 17.1. The predicted molar refractivity (Wildman–Crippen MR) is 97.2 cm³/mol. The second-order valence-corrected chi connectivity index (χ2v) is 7.19. The predicted octanol–water partition coefficient (Wildman–Crippen LogP) is 3.24. The molecule has 1 N–H and O–H groups in total. The van der Waals surface area contributed by atoms with Gasteiger partial charge in [-0.05, 0) is 31.2 Å². The van der Waals surface area contributed by atoms with Crippen LogP contribution in [0.3, 0.4) is 0 Å². The number of aromatic nitrogens is 2. The molecular weight excluding hydrogens is 314 g/mol. The van der Waals surface area contributed by atoms with E-state index in [2.05, 4.69) is 39.4 Å². The minimum atomic E-state index is -0.0673. The van der Waals surface area contributed by atoms with Crippen LogP contribution in [0.25, 0.3) is 11.3 Å². The Kier molecular flexibility index (Phi) is 4.88. The van der Waals surface area contributed by atoms with Crippen molar-refractivity contribution in [1.29, 1.82) is 0 Å². The molecule has 1 spiro atoms. The topological polar surface area (TPSA) is 50.4 Å². The molecule has 2 aromatic rings. The molecule has 0 radical (unpaired) electrons. The van der Waals surface area contributed by atoms with Crippen LogP contribution in [0, 0.1) is 0 Å². The number of piperidine rings is 1. The van der Waals surface area contributed by atoms with Crippen LogP contribution in [0.2, 0.25) is 0 Å². The molecule has 0 aliphatic carbocycles. The first kappa shape index (κ1) is 16.8. The van der Waals surface area contributed by atoms with E-state index in [1.807, 2.05) is 19.4 Å². The summed E-state index contributed by atoms with van der Waals surface area (Å²) in [6, 6.07) is 10.4. The fourth-order valence-corrected chi connectivity index (χ4v) is 4.32. The van der Waals surface area contributed by atoms with Crippen LogP contribution < -0.4 is 0 Å². The molecule has 5 nitrogen and oxygen atoms in total. The zero-order valence-electron chi connectivity index (χ0n) is 14.9. The van der Waals surface area contributed by atoms with Gasteiger partial charge in [0.2, 0.25) is 0 Å². The van der Waals surface area contributed by atoms with Crippen LogP contribution in [0.5, 0.6) is 0 Å². The molecule has 4 rings (SSSR count). The molecule has 2 fully saturated rings. The summed E-state index contributed by atoms with van der Waals surface area (Å²) in [6.45, 7) is 3.88. The van der Waals surface area contributed by atoms with Crippen molar-refractivity contribution >= 4 is 0 Å². The Labute approximate surface area is 149 Å². The molecule has 0 unspecified atom stereocenters. The van der Waals surface area contributed by atoms with Crippen molar-refractivity contribution < 1.29 is 9.47 Å². The zero-order valence-corrected chi connectivity index (χ0v) is 14.9. The molecule has 1 aromatic heterocycles. The van der Waals surface area contributed by atoms with Gasteiger partial charge in [-0.25, -0.2) is 0 Å². The van der Waals surface area contributed by atoms with Gasteiger partial charge in [0.05, 0.1) is 23.6 Å². The van der Waals surface area contributed by atoms with Crippen LogP contribution >= 0.6 is 0 Å². The van der Waals surface area contributed by atoms with E-state index < -0.39 is 0 Å². The summed E-state index contributed by atoms with van der Waals surface area (Å²) in [4.78, 5) is 2.51. The molecule has 2 aliphatic heterocycles. The number of nitrogens with one attached hydrogen (secondary N) is 1. The molecule has 0 bridgehead atoms. The van der Waals surface area contributed by atoms with Crippen molar-refractivity contribution in [3.8, 4) is 11.3 Å². The van der Waals surface area contributed by atoms with Gasteiger partial charge in [-0.2, -0.15) is 5.10 Å². The van der Waals surface area contributed by atoms with Gasteiger partial charge in [-0.3, -0.25) is 10.00 Å². The minimum absolute atomic E-state index is 0.0673. The lowest BCUT2D eigenvalue weighted by molar-refractivity contribution is -0.186. The first-order valence-corrected chi connectivity index (χ1v) is 9.27. The quantitative estimate of drug-likeness (QED) is 0.927. The summed E-state index contributed by atoms with van der Waals surface area (Å²) in [6.07, 6.45) is 6.53. The minimum Gasteiger partial charge on any atom is -0.378 e. The lowest BCUT2D eigenvalue weighted by atomic mass is 9.81. The Balaban J connectivity index is 1.42. The number of nitrogens with zero attached hydrogens (tertiary/aromatic N) is 2. The Hall–Kier alpha value is -1.69. The maximum atomic E-state index is 6.22. The molecule has 2 aliphatic rings. The van der Waals surface area contributed by atoms with Gasteiger partial charge in [0.1, 0.15) is 0 Å². The summed E-state index contributed by atoms with van der Waals surface area (Å²) in [5.41, 5.74) is 3.51. The van der Waals surface area contributed by atoms with Crippen LogP contribution in [0.15, 0.2) is 36.5 Å². The van der Waals surface area contributed by atoms with Crippen LogP contribution in [0.1, 0.15) is 31.2 Å². The second-order valence-electron chi connectivity index (χ2n) is 7.19. The van der Waals surface area contributed by atoms with Gasteiger partial charge in [-0.15, -0.1) is 0 Å². The summed E-state index contributed by atoms with van der Waals surface area (Å²) in [5.74, 6) is 0. The third kappa shape index (κ3) is 3.36. The lowest BCUT2D eigenvalue weighted by Gasteiger charge is -2.48. The SMILES string of the molecule is CO[C@H]1CCCOC12CCN(Cc1cn[nH]c1-c1ccccc1)CC2. The van der Waals surface area contributed by atoms with Crippen molar-refractivity contribution in [1.82, 2.24) is 15.1 Å². The van der Waals surface area contributed by atoms with E-state index in [1.165, 1.54) is 11.1 Å². The van der Waals surface area contributed by atoms with Gasteiger partial charge >= 0.3 is 0 Å². The smallest absolute Gasteiger partial charge is 0.0967 e. The second kappa shape index (κ2) is 7.28. The number of likely N-dealkylation sites (tertiary alicyclic amines) is 1. The van der Waals surface area contributed by atoms with Crippen molar-refractivity contribution in [3.63, 3.8) is 0 Å². The molecule has 0 amide bonds. The Morgan fingerprint density at radius 2 is 2.08 bits per heavy atom. The Bertz CT molecular complexity index is 677. The average molecular weight is 341 g/mol. The highest BCUT2D eigenvalue weighted by molar-refractivity contribution is 5.62. The van der Waals surface area contributed by atoms with Crippen LogP contribution in [0.4, 0.5) is 0 Å². The molecule has 2 saturated heterocycles. The number of methoxy groups -OCH3 is 1. The van der Waals surface area contributed by atoms with Gasteiger partial charge in [0.15, 0.2) is 0 Å². The Morgan fingerprint density at radius 1 is 1.28 bits per heavy atom. The van der Waals surface area contributed by atoms with E-state index >= 15 is 0 Å². The van der Waals surface area contributed by atoms with E-state index in [0.717, 1.165) is 57.6 Å². The third-order valence-corrected chi connectivity index (χ3v) is 5.75. The first-order chi connectivity index (χ1) is 12.3. The molecular formula is C20H27N3O2. The number of hydrogen-bond acceptors (Lipinski definition) is 4. The summed E-state index contributed by atoms with van der Waals surface area (Å²) in [5, 5.41) is 7.44. The molecule has 0 saturated carbocycles. The highest BCUT2D eigenvalue weighted by atomic mass is 16.5. The maximum absolute atomic E-state index is 6.22. The van der Waals surface area contributed by atoms with Crippen molar-refractivity contribution in [2.24, 2.45) is 0 Å². The number of benzene rings is 1. The van der Waals surface area contributed by atoms with Crippen molar-refractivity contribution in [2.45, 2.75) is 43.9 Å². The molecule has 134 valence electrons.